The van der Waals surface area contributed by atoms with Crippen LogP contribution in [0, 0.1) is 0 Å². The highest BCUT2D eigenvalue weighted by molar-refractivity contribution is 9.11. The van der Waals surface area contributed by atoms with Gasteiger partial charge in [0.05, 0.1) is 10.2 Å². The minimum Gasteiger partial charge on any atom is -0.481 e. The van der Waals surface area contributed by atoms with Crippen LogP contribution >= 0.6 is 27.3 Å². The molecule has 0 saturated heterocycles. The summed E-state index contributed by atoms with van der Waals surface area (Å²) in [7, 11) is 1.73. The molecule has 0 unspecified atom stereocenters. The van der Waals surface area contributed by atoms with Crippen LogP contribution in [0.3, 0.4) is 0 Å². The van der Waals surface area contributed by atoms with E-state index in [0.717, 1.165) is 9.35 Å². The third-order valence-corrected chi connectivity index (χ3v) is 4.51. The number of hydrogen-bond donors (Lipinski definition) is 1. The van der Waals surface area contributed by atoms with Crippen molar-refractivity contribution in [1.82, 2.24) is 9.80 Å². The lowest BCUT2D eigenvalue weighted by molar-refractivity contribution is -0.137. The third-order valence-electron chi connectivity index (χ3n) is 2.96. The Bertz CT molecular complexity index is 511. The van der Waals surface area contributed by atoms with Crippen molar-refractivity contribution in [2.45, 2.75) is 39.3 Å². The van der Waals surface area contributed by atoms with Gasteiger partial charge in [-0.1, -0.05) is 0 Å². The zero-order valence-corrected chi connectivity index (χ0v) is 15.1. The first kappa shape index (κ1) is 18.0. The quantitative estimate of drug-likeness (QED) is 0.852. The Morgan fingerprint density at radius 1 is 1.38 bits per heavy atom. The molecule has 0 atom stereocenters. The summed E-state index contributed by atoms with van der Waals surface area (Å²) in [6.45, 7) is 6.42. The summed E-state index contributed by atoms with van der Waals surface area (Å²) in [5.74, 6) is -0.901. The van der Waals surface area contributed by atoms with Crippen LogP contribution in [0.1, 0.15) is 32.8 Å². The lowest BCUT2D eigenvalue weighted by atomic mass is 10.1. The highest BCUT2D eigenvalue weighted by Gasteiger charge is 2.29. The first-order valence-corrected chi connectivity index (χ1v) is 8.26. The van der Waals surface area contributed by atoms with Gasteiger partial charge in [0.1, 0.15) is 0 Å². The van der Waals surface area contributed by atoms with E-state index in [0.29, 0.717) is 6.54 Å². The Kier molecular flexibility index (Phi) is 6.22. The summed E-state index contributed by atoms with van der Waals surface area (Å²) < 4.78 is 1.02. The molecule has 5 nitrogen and oxygen atoms in total. The lowest BCUT2D eigenvalue weighted by Gasteiger charge is -2.38. The highest BCUT2D eigenvalue weighted by Crippen LogP contribution is 2.22. The molecule has 0 bridgehead atoms. The predicted molar refractivity (Wildman–Crippen MR) is 87.6 cm³/mol. The molecule has 0 spiro atoms. The molecule has 2 amide bonds. The van der Waals surface area contributed by atoms with Crippen molar-refractivity contribution in [2.24, 2.45) is 0 Å². The number of hydrogen-bond acceptors (Lipinski definition) is 3. The van der Waals surface area contributed by atoms with Gasteiger partial charge in [-0.15, -0.1) is 11.3 Å². The van der Waals surface area contributed by atoms with E-state index in [2.05, 4.69) is 15.9 Å². The Hall–Kier alpha value is -1.08. The molecular weight excluding hydrogens is 356 g/mol. The Morgan fingerprint density at radius 3 is 2.43 bits per heavy atom. The minimum absolute atomic E-state index is 0.0547. The van der Waals surface area contributed by atoms with E-state index < -0.39 is 11.5 Å². The van der Waals surface area contributed by atoms with E-state index in [4.69, 9.17) is 5.11 Å². The van der Waals surface area contributed by atoms with Crippen molar-refractivity contribution >= 4 is 39.3 Å². The Labute approximate surface area is 137 Å². The van der Waals surface area contributed by atoms with Crippen LogP contribution in [0.15, 0.2) is 15.2 Å². The van der Waals surface area contributed by atoms with E-state index in [9.17, 15) is 9.59 Å². The number of halogens is 1. The second-order valence-electron chi connectivity index (χ2n) is 5.86. The molecular formula is C14H21BrN2O3S. The molecule has 7 heteroatoms. The fraction of sp³-hybridized carbons (Fsp3) is 0.571. The van der Waals surface area contributed by atoms with Gasteiger partial charge < -0.3 is 14.9 Å². The maximum atomic E-state index is 12.6. The van der Waals surface area contributed by atoms with Gasteiger partial charge >= 0.3 is 12.0 Å². The molecule has 1 heterocycles. The van der Waals surface area contributed by atoms with Crippen LogP contribution in [0.4, 0.5) is 4.79 Å². The summed E-state index contributed by atoms with van der Waals surface area (Å²) in [4.78, 5) is 26.5. The number of carboxylic acid groups (broad SMARTS) is 1. The maximum Gasteiger partial charge on any atom is 0.320 e. The van der Waals surface area contributed by atoms with Gasteiger partial charge in [0.15, 0.2) is 0 Å². The van der Waals surface area contributed by atoms with Gasteiger partial charge in [-0.2, -0.15) is 0 Å². The molecule has 0 aliphatic rings. The van der Waals surface area contributed by atoms with Gasteiger partial charge in [-0.05, 0) is 53.7 Å². The number of rotatable bonds is 5. The Balaban J connectivity index is 2.76. The van der Waals surface area contributed by atoms with E-state index in [-0.39, 0.29) is 19.0 Å². The van der Waals surface area contributed by atoms with Gasteiger partial charge in [-0.3, -0.25) is 4.79 Å². The molecule has 0 fully saturated rings. The first-order valence-electron chi connectivity index (χ1n) is 6.58. The van der Waals surface area contributed by atoms with Crippen molar-refractivity contribution in [3.8, 4) is 0 Å². The average Bonchev–Trinajstić information content (AvgIpc) is 2.72. The van der Waals surface area contributed by atoms with Crippen molar-refractivity contribution in [1.29, 1.82) is 0 Å². The standard InChI is InChI=1S/C14H21BrN2O3S/c1-14(2,3)17(6-5-12(18)19)13(20)16(4)8-10-7-11(15)21-9-10/h7,9H,5-6,8H2,1-4H3,(H,18,19). The fourth-order valence-corrected chi connectivity index (χ4v) is 3.10. The molecule has 1 aromatic rings. The normalized spacial score (nSPS) is 11.3. The summed E-state index contributed by atoms with van der Waals surface area (Å²) in [6.07, 6.45) is -0.0547. The molecule has 1 N–H and O–H groups in total. The number of amides is 2. The van der Waals surface area contributed by atoms with Crippen LogP contribution in [0.2, 0.25) is 0 Å². The average molecular weight is 377 g/mol. The molecule has 0 saturated carbocycles. The SMILES string of the molecule is CN(Cc1csc(Br)c1)C(=O)N(CCC(=O)O)C(C)(C)C. The third kappa shape index (κ3) is 5.67. The number of thiophene rings is 1. The summed E-state index contributed by atoms with van der Waals surface area (Å²) in [6, 6.07) is 1.82. The molecule has 0 aliphatic heterocycles. The summed E-state index contributed by atoms with van der Waals surface area (Å²) >= 11 is 4.97. The second kappa shape index (κ2) is 7.26. The zero-order chi connectivity index (χ0) is 16.2. The van der Waals surface area contributed by atoms with Crippen molar-refractivity contribution in [3.05, 3.63) is 20.8 Å². The highest BCUT2D eigenvalue weighted by atomic mass is 79.9. The number of carbonyl (C=O) groups is 2. The van der Waals surface area contributed by atoms with Crippen LogP contribution in [-0.4, -0.2) is 46.0 Å². The maximum absolute atomic E-state index is 12.6. The van der Waals surface area contributed by atoms with Crippen molar-refractivity contribution in [3.63, 3.8) is 0 Å². The van der Waals surface area contributed by atoms with E-state index >= 15 is 0 Å². The smallest absolute Gasteiger partial charge is 0.320 e. The number of nitrogens with zero attached hydrogens (tertiary/aromatic N) is 2. The first-order chi connectivity index (χ1) is 9.61. The number of carboxylic acids is 1. The Morgan fingerprint density at radius 2 is 2.00 bits per heavy atom. The molecule has 118 valence electrons. The number of urea groups is 1. The topological polar surface area (TPSA) is 60.9 Å². The summed E-state index contributed by atoms with van der Waals surface area (Å²) in [5, 5.41) is 10.8. The van der Waals surface area contributed by atoms with Crippen LogP contribution in [0.25, 0.3) is 0 Å². The minimum atomic E-state index is -0.901. The van der Waals surface area contributed by atoms with Gasteiger partial charge in [-0.25, -0.2) is 4.79 Å². The van der Waals surface area contributed by atoms with Crippen LogP contribution in [0.5, 0.6) is 0 Å². The van der Waals surface area contributed by atoms with E-state index in [1.165, 1.54) is 0 Å². The van der Waals surface area contributed by atoms with Gasteiger partial charge in [0.2, 0.25) is 0 Å². The van der Waals surface area contributed by atoms with Crippen LogP contribution < -0.4 is 0 Å². The number of carbonyl (C=O) groups excluding carboxylic acids is 1. The van der Waals surface area contributed by atoms with Gasteiger partial charge in [0.25, 0.3) is 0 Å². The molecule has 1 aromatic heterocycles. The van der Waals surface area contributed by atoms with E-state index in [1.807, 2.05) is 32.2 Å². The number of aliphatic carboxylic acids is 1. The monoisotopic (exact) mass is 376 g/mol. The molecule has 1 rings (SSSR count). The van der Waals surface area contributed by atoms with Gasteiger partial charge in [0, 0.05) is 25.7 Å². The van der Waals surface area contributed by atoms with E-state index in [1.54, 1.807) is 28.2 Å². The van der Waals surface area contributed by atoms with Crippen LogP contribution in [-0.2, 0) is 11.3 Å². The van der Waals surface area contributed by atoms with Crippen molar-refractivity contribution in [2.75, 3.05) is 13.6 Å². The molecule has 0 aromatic carbocycles. The van der Waals surface area contributed by atoms with Crippen molar-refractivity contribution < 1.29 is 14.7 Å². The molecule has 21 heavy (non-hydrogen) atoms. The molecule has 0 aliphatic carbocycles. The lowest BCUT2D eigenvalue weighted by Crippen LogP contribution is -2.51. The summed E-state index contributed by atoms with van der Waals surface area (Å²) in [5.41, 5.74) is 0.630. The molecule has 0 radical (unpaired) electrons. The second-order valence-corrected chi connectivity index (χ2v) is 8.15. The fourth-order valence-electron chi connectivity index (χ4n) is 1.90. The largest absolute Gasteiger partial charge is 0.481 e. The zero-order valence-electron chi connectivity index (χ0n) is 12.7. The predicted octanol–water partition coefficient (Wildman–Crippen LogP) is 3.64.